The normalized spacial score (nSPS) is 10.9. The van der Waals surface area contributed by atoms with Crippen LogP contribution in [0.2, 0.25) is 0 Å². The van der Waals surface area contributed by atoms with Crippen molar-refractivity contribution < 1.29 is 22.7 Å². The third-order valence-corrected chi connectivity index (χ3v) is 6.50. The Morgan fingerprint density at radius 1 is 0.875 bits per heavy atom. The lowest BCUT2D eigenvalue weighted by atomic mass is 10.2. The van der Waals surface area contributed by atoms with Gasteiger partial charge in [-0.15, -0.1) is 0 Å². The van der Waals surface area contributed by atoms with E-state index in [1.54, 1.807) is 60.7 Å². The molecule has 0 fully saturated rings. The minimum atomic E-state index is -3.54. The number of aryl methyl sites for hydroxylation is 1. The van der Waals surface area contributed by atoms with E-state index in [2.05, 4.69) is 10.6 Å². The molecular weight excluding hydrogens is 428 g/mol. The second-order valence-electron chi connectivity index (χ2n) is 7.16. The quantitative estimate of drug-likeness (QED) is 0.537. The summed E-state index contributed by atoms with van der Waals surface area (Å²) in [5, 5.41) is 5.43. The summed E-state index contributed by atoms with van der Waals surface area (Å²) in [6.45, 7) is 1.87. The molecule has 0 aromatic heterocycles. The van der Waals surface area contributed by atoms with E-state index in [1.807, 2.05) is 6.92 Å². The summed E-state index contributed by atoms with van der Waals surface area (Å²) in [5.74, 6) is -0.491. The van der Waals surface area contributed by atoms with Gasteiger partial charge in [-0.25, -0.2) is 8.42 Å². The van der Waals surface area contributed by atoms with Crippen molar-refractivity contribution in [3.05, 3.63) is 83.9 Å². The number of hydrogen-bond donors (Lipinski definition) is 2. The second kappa shape index (κ2) is 10.1. The van der Waals surface area contributed by atoms with Crippen LogP contribution in [0.25, 0.3) is 0 Å². The van der Waals surface area contributed by atoms with Crippen molar-refractivity contribution in [1.29, 1.82) is 0 Å². The molecule has 0 atom stereocenters. The first-order valence-electron chi connectivity index (χ1n) is 9.92. The van der Waals surface area contributed by atoms with Crippen LogP contribution in [0.1, 0.15) is 22.3 Å². The van der Waals surface area contributed by atoms with E-state index in [4.69, 9.17) is 4.74 Å². The Kier molecular flexibility index (Phi) is 7.27. The molecule has 166 valence electrons. The lowest BCUT2D eigenvalue weighted by Crippen LogP contribution is -2.17. The highest BCUT2D eigenvalue weighted by atomic mass is 32.2. The summed E-state index contributed by atoms with van der Waals surface area (Å²) in [4.78, 5) is 24.9. The summed E-state index contributed by atoms with van der Waals surface area (Å²) in [6, 6.07) is 19.9. The van der Waals surface area contributed by atoms with Crippen molar-refractivity contribution in [3.63, 3.8) is 0 Å². The first kappa shape index (κ1) is 23.0. The van der Waals surface area contributed by atoms with Gasteiger partial charge in [-0.05, 0) is 55.5 Å². The lowest BCUT2D eigenvalue weighted by molar-refractivity contribution is -0.115. The largest absolute Gasteiger partial charge is 0.495 e. The van der Waals surface area contributed by atoms with Gasteiger partial charge in [0, 0.05) is 17.7 Å². The standard InChI is InChI=1S/C24H24N2O5S/c1-17-7-13-20(14-8-17)32(29,30)16-15-23(27)25-19-11-9-18(10-12-19)24(28)26-21-5-3-4-6-22(21)31-2/h3-14H,15-16H2,1-2H3,(H,25,27)(H,26,28). The van der Waals surface area contributed by atoms with Crippen LogP contribution in [-0.4, -0.2) is 33.1 Å². The Morgan fingerprint density at radius 2 is 1.53 bits per heavy atom. The maximum Gasteiger partial charge on any atom is 0.255 e. The molecule has 7 nitrogen and oxygen atoms in total. The number of amides is 2. The molecular formula is C24H24N2O5S. The van der Waals surface area contributed by atoms with Crippen LogP contribution < -0.4 is 15.4 Å². The highest BCUT2D eigenvalue weighted by Gasteiger charge is 2.16. The SMILES string of the molecule is COc1ccccc1NC(=O)c1ccc(NC(=O)CCS(=O)(=O)c2ccc(C)cc2)cc1. The second-order valence-corrected chi connectivity index (χ2v) is 9.27. The number of hydrogen-bond acceptors (Lipinski definition) is 5. The fourth-order valence-corrected chi connectivity index (χ4v) is 4.20. The number of methoxy groups -OCH3 is 1. The number of para-hydroxylation sites is 2. The molecule has 0 unspecified atom stereocenters. The van der Waals surface area contributed by atoms with E-state index in [0.29, 0.717) is 22.7 Å². The van der Waals surface area contributed by atoms with Crippen molar-refractivity contribution in [2.45, 2.75) is 18.2 Å². The molecule has 3 rings (SSSR count). The lowest BCUT2D eigenvalue weighted by Gasteiger charge is -2.10. The van der Waals surface area contributed by atoms with Gasteiger partial charge in [0.1, 0.15) is 5.75 Å². The van der Waals surface area contributed by atoms with Crippen molar-refractivity contribution >= 4 is 33.0 Å². The fraction of sp³-hybridized carbons (Fsp3) is 0.167. The van der Waals surface area contributed by atoms with Crippen molar-refractivity contribution in [1.82, 2.24) is 0 Å². The summed E-state index contributed by atoms with van der Waals surface area (Å²) in [7, 11) is -2.02. The van der Waals surface area contributed by atoms with Gasteiger partial charge >= 0.3 is 0 Å². The maximum absolute atomic E-state index is 12.5. The van der Waals surface area contributed by atoms with Gasteiger partial charge in [-0.2, -0.15) is 0 Å². The molecule has 0 saturated carbocycles. The minimum absolute atomic E-state index is 0.174. The third-order valence-electron chi connectivity index (χ3n) is 4.76. The molecule has 0 saturated heterocycles. The predicted molar refractivity (Wildman–Crippen MR) is 124 cm³/mol. The van der Waals surface area contributed by atoms with E-state index in [-0.39, 0.29) is 23.0 Å². The summed E-state index contributed by atoms with van der Waals surface area (Å²) in [5.41, 5.74) is 2.38. The van der Waals surface area contributed by atoms with Gasteiger partial charge in [0.25, 0.3) is 5.91 Å². The average molecular weight is 453 g/mol. The number of carbonyl (C=O) groups is 2. The Labute approximate surface area is 187 Å². The summed E-state index contributed by atoms with van der Waals surface area (Å²) < 4.78 is 30.0. The maximum atomic E-state index is 12.5. The topological polar surface area (TPSA) is 102 Å². The monoisotopic (exact) mass is 452 g/mol. The van der Waals surface area contributed by atoms with Crippen LogP contribution >= 0.6 is 0 Å². The van der Waals surface area contributed by atoms with Crippen LogP contribution in [0, 0.1) is 6.92 Å². The van der Waals surface area contributed by atoms with Crippen LogP contribution in [-0.2, 0) is 14.6 Å². The predicted octanol–water partition coefficient (Wildman–Crippen LogP) is 4.06. The molecule has 0 bridgehead atoms. The number of sulfone groups is 1. The first-order valence-corrected chi connectivity index (χ1v) is 11.6. The molecule has 3 aromatic carbocycles. The van der Waals surface area contributed by atoms with Crippen molar-refractivity contribution in [2.24, 2.45) is 0 Å². The van der Waals surface area contributed by atoms with E-state index in [0.717, 1.165) is 5.56 Å². The molecule has 0 heterocycles. The molecule has 0 aliphatic rings. The number of anilines is 2. The first-order chi connectivity index (χ1) is 15.3. The van der Waals surface area contributed by atoms with Crippen LogP contribution in [0.3, 0.4) is 0 Å². The molecule has 3 aromatic rings. The zero-order valence-electron chi connectivity index (χ0n) is 17.8. The molecule has 32 heavy (non-hydrogen) atoms. The molecule has 0 aliphatic heterocycles. The number of ether oxygens (including phenoxy) is 1. The molecule has 0 spiro atoms. The van der Waals surface area contributed by atoms with Crippen molar-refractivity contribution in [2.75, 3.05) is 23.5 Å². The van der Waals surface area contributed by atoms with Crippen LogP contribution in [0.5, 0.6) is 5.75 Å². The van der Waals surface area contributed by atoms with E-state index in [1.165, 1.54) is 19.2 Å². The zero-order valence-corrected chi connectivity index (χ0v) is 18.6. The third kappa shape index (κ3) is 5.95. The highest BCUT2D eigenvalue weighted by Crippen LogP contribution is 2.24. The van der Waals surface area contributed by atoms with Crippen molar-refractivity contribution in [3.8, 4) is 5.75 Å². The smallest absolute Gasteiger partial charge is 0.255 e. The molecule has 0 radical (unpaired) electrons. The Morgan fingerprint density at radius 3 is 2.19 bits per heavy atom. The zero-order chi connectivity index (χ0) is 23.1. The molecule has 2 N–H and O–H groups in total. The van der Waals surface area contributed by atoms with E-state index >= 15 is 0 Å². The van der Waals surface area contributed by atoms with E-state index < -0.39 is 15.7 Å². The number of rotatable bonds is 8. The Balaban J connectivity index is 1.56. The van der Waals surface area contributed by atoms with Gasteiger partial charge in [0.15, 0.2) is 9.84 Å². The minimum Gasteiger partial charge on any atom is -0.495 e. The highest BCUT2D eigenvalue weighted by molar-refractivity contribution is 7.91. The molecule has 2 amide bonds. The van der Waals surface area contributed by atoms with Gasteiger partial charge in [0.2, 0.25) is 5.91 Å². The Hall–Kier alpha value is -3.65. The summed E-state index contributed by atoms with van der Waals surface area (Å²) >= 11 is 0. The average Bonchev–Trinajstić information content (AvgIpc) is 2.79. The number of carbonyl (C=O) groups excluding carboxylic acids is 2. The van der Waals surface area contributed by atoms with Crippen LogP contribution in [0.15, 0.2) is 77.7 Å². The number of nitrogens with one attached hydrogen (secondary N) is 2. The Bertz CT molecular complexity index is 1200. The summed E-state index contributed by atoms with van der Waals surface area (Å²) in [6.07, 6.45) is -0.174. The fourth-order valence-electron chi connectivity index (χ4n) is 2.96. The van der Waals surface area contributed by atoms with Gasteiger partial charge < -0.3 is 15.4 Å². The van der Waals surface area contributed by atoms with Crippen LogP contribution in [0.4, 0.5) is 11.4 Å². The van der Waals surface area contributed by atoms with Gasteiger partial charge in [0.05, 0.1) is 23.4 Å². The van der Waals surface area contributed by atoms with E-state index in [9.17, 15) is 18.0 Å². The molecule has 8 heteroatoms. The van der Waals surface area contributed by atoms with Gasteiger partial charge in [-0.3, -0.25) is 9.59 Å². The van der Waals surface area contributed by atoms with Gasteiger partial charge in [-0.1, -0.05) is 29.8 Å². The molecule has 0 aliphatic carbocycles. The number of benzene rings is 3.